The molecule has 6 nitrogen and oxygen atoms in total. The van der Waals surface area contributed by atoms with E-state index < -0.39 is 23.6 Å². The number of anilines is 1. The molecule has 2 aromatic heterocycles. The SMILES string of the molecule is CCc1nc2c(Cl)cc(C(F)(F)F)cn2c1C(=O)Nc1cccc(C(=O)O)c1. The topological polar surface area (TPSA) is 83.7 Å². The number of alkyl halides is 3. The molecule has 0 unspecified atom stereocenters. The van der Waals surface area contributed by atoms with Crippen molar-refractivity contribution in [2.45, 2.75) is 19.5 Å². The number of aryl methyl sites for hydroxylation is 1. The lowest BCUT2D eigenvalue weighted by atomic mass is 10.2. The summed E-state index contributed by atoms with van der Waals surface area (Å²) in [6, 6.07) is 6.24. The Morgan fingerprint density at radius 3 is 2.61 bits per heavy atom. The lowest BCUT2D eigenvalue weighted by Crippen LogP contribution is -2.17. The molecule has 0 fully saturated rings. The van der Waals surface area contributed by atoms with Gasteiger partial charge < -0.3 is 10.4 Å². The number of halogens is 4. The molecule has 0 aliphatic heterocycles. The van der Waals surface area contributed by atoms with Gasteiger partial charge in [-0.1, -0.05) is 24.6 Å². The van der Waals surface area contributed by atoms with Gasteiger partial charge in [-0.3, -0.25) is 9.20 Å². The normalized spacial score (nSPS) is 11.6. The van der Waals surface area contributed by atoms with Gasteiger partial charge in [0, 0.05) is 11.9 Å². The van der Waals surface area contributed by atoms with E-state index in [0.29, 0.717) is 0 Å². The van der Waals surface area contributed by atoms with Crippen molar-refractivity contribution >= 4 is 34.8 Å². The minimum atomic E-state index is -4.65. The number of carbonyl (C=O) groups excluding carboxylic acids is 1. The summed E-state index contributed by atoms with van der Waals surface area (Å²) in [6.45, 7) is 1.70. The predicted octanol–water partition coefficient (Wildman–Crippen LogP) is 4.52. The highest BCUT2D eigenvalue weighted by molar-refractivity contribution is 6.33. The first-order valence-corrected chi connectivity index (χ1v) is 8.42. The van der Waals surface area contributed by atoms with E-state index in [0.717, 1.165) is 16.7 Å². The van der Waals surface area contributed by atoms with Crippen molar-refractivity contribution < 1.29 is 27.9 Å². The Labute approximate surface area is 161 Å². The largest absolute Gasteiger partial charge is 0.478 e. The number of carboxylic acid groups (broad SMARTS) is 1. The molecule has 1 aromatic carbocycles. The maximum absolute atomic E-state index is 13.1. The van der Waals surface area contributed by atoms with Gasteiger partial charge in [-0.2, -0.15) is 13.2 Å². The molecule has 3 aromatic rings. The number of carbonyl (C=O) groups is 2. The predicted molar refractivity (Wildman–Crippen MR) is 95.9 cm³/mol. The Kier molecular flexibility index (Phi) is 5.03. The minimum Gasteiger partial charge on any atom is -0.478 e. The quantitative estimate of drug-likeness (QED) is 0.661. The van der Waals surface area contributed by atoms with Gasteiger partial charge >= 0.3 is 12.1 Å². The van der Waals surface area contributed by atoms with Crippen LogP contribution in [0.5, 0.6) is 0 Å². The number of imidazole rings is 1. The van der Waals surface area contributed by atoms with Crippen LogP contribution in [0.3, 0.4) is 0 Å². The number of pyridine rings is 1. The van der Waals surface area contributed by atoms with E-state index in [9.17, 15) is 22.8 Å². The second-order valence-electron chi connectivity index (χ2n) is 5.87. The molecular formula is C18H13ClF3N3O3. The number of benzene rings is 1. The van der Waals surface area contributed by atoms with Crippen LogP contribution >= 0.6 is 11.6 Å². The van der Waals surface area contributed by atoms with E-state index in [-0.39, 0.29) is 39.7 Å². The molecule has 28 heavy (non-hydrogen) atoms. The van der Waals surface area contributed by atoms with E-state index in [1.807, 2.05) is 0 Å². The maximum Gasteiger partial charge on any atom is 0.417 e. The fraction of sp³-hybridized carbons (Fsp3) is 0.167. The van der Waals surface area contributed by atoms with Crippen molar-refractivity contribution in [1.29, 1.82) is 0 Å². The highest BCUT2D eigenvalue weighted by Gasteiger charge is 2.33. The van der Waals surface area contributed by atoms with Crippen molar-refractivity contribution in [3.8, 4) is 0 Å². The molecular weight excluding hydrogens is 399 g/mol. The molecule has 0 bridgehead atoms. The van der Waals surface area contributed by atoms with Gasteiger partial charge in [0.2, 0.25) is 0 Å². The smallest absolute Gasteiger partial charge is 0.417 e. The lowest BCUT2D eigenvalue weighted by molar-refractivity contribution is -0.137. The molecule has 0 aliphatic carbocycles. The van der Waals surface area contributed by atoms with E-state index in [4.69, 9.17) is 16.7 Å². The Hall–Kier alpha value is -3.07. The third-order valence-electron chi connectivity index (χ3n) is 3.99. The number of carboxylic acids is 1. The average molecular weight is 412 g/mol. The fourth-order valence-corrected chi connectivity index (χ4v) is 2.96. The van der Waals surface area contributed by atoms with Gasteiger partial charge in [0.05, 0.1) is 21.8 Å². The van der Waals surface area contributed by atoms with Crippen LogP contribution in [0.1, 0.15) is 39.0 Å². The van der Waals surface area contributed by atoms with Crippen LogP contribution in [0.15, 0.2) is 36.5 Å². The van der Waals surface area contributed by atoms with Gasteiger partial charge in [-0.05, 0) is 30.7 Å². The van der Waals surface area contributed by atoms with Crippen LogP contribution in [0.25, 0.3) is 5.65 Å². The van der Waals surface area contributed by atoms with Crippen molar-refractivity contribution in [3.63, 3.8) is 0 Å². The van der Waals surface area contributed by atoms with Crippen molar-refractivity contribution in [3.05, 3.63) is 64.1 Å². The van der Waals surface area contributed by atoms with E-state index in [1.165, 1.54) is 24.3 Å². The summed E-state index contributed by atoms with van der Waals surface area (Å²) in [5, 5.41) is 11.3. The Morgan fingerprint density at radius 1 is 1.29 bits per heavy atom. The zero-order valence-corrected chi connectivity index (χ0v) is 15.1. The van der Waals surface area contributed by atoms with Gasteiger partial charge in [0.1, 0.15) is 5.69 Å². The summed E-state index contributed by atoms with van der Waals surface area (Å²) in [7, 11) is 0. The van der Waals surface area contributed by atoms with Crippen LogP contribution in [0.2, 0.25) is 5.02 Å². The monoisotopic (exact) mass is 411 g/mol. The molecule has 10 heteroatoms. The molecule has 0 aliphatic rings. The summed E-state index contributed by atoms with van der Waals surface area (Å²) < 4.78 is 40.4. The number of fused-ring (bicyclic) bond motifs is 1. The number of amides is 1. The number of aromatic nitrogens is 2. The first-order valence-electron chi connectivity index (χ1n) is 8.04. The molecule has 0 saturated heterocycles. The van der Waals surface area contributed by atoms with Gasteiger partial charge in [-0.15, -0.1) is 0 Å². The third kappa shape index (κ3) is 3.65. The van der Waals surface area contributed by atoms with Crippen LogP contribution < -0.4 is 5.32 Å². The lowest BCUT2D eigenvalue weighted by Gasteiger charge is -2.11. The number of rotatable bonds is 4. The number of nitrogens with one attached hydrogen (secondary N) is 1. The highest BCUT2D eigenvalue weighted by atomic mass is 35.5. The zero-order valence-electron chi connectivity index (χ0n) is 14.3. The summed E-state index contributed by atoms with van der Waals surface area (Å²) >= 11 is 5.95. The number of aromatic carboxylic acids is 1. The fourth-order valence-electron chi connectivity index (χ4n) is 2.71. The van der Waals surface area contributed by atoms with Crippen molar-refractivity contribution in [2.24, 2.45) is 0 Å². The van der Waals surface area contributed by atoms with Crippen molar-refractivity contribution in [2.75, 3.05) is 5.32 Å². The Balaban J connectivity index is 2.10. The molecule has 0 radical (unpaired) electrons. The van der Waals surface area contributed by atoms with Crippen LogP contribution in [0.4, 0.5) is 18.9 Å². The highest BCUT2D eigenvalue weighted by Crippen LogP contribution is 2.33. The van der Waals surface area contributed by atoms with Crippen LogP contribution in [-0.2, 0) is 12.6 Å². The molecule has 0 atom stereocenters. The van der Waals surface area contributed by atoms with Crippen LogP contribution in [-0.4, -0.2) is 26.4 Å². The molecule has 2 N–H and O–H groups in total. The van der Waals surface area contributed by atoms with Crippen molar-refractivity contribution in [1.82, 2.24) is 9.38 Å². The standard InChI is InChI=1S/C18H13ClF3N3O3/c1-2-13-14(16(26)23-11-5-3-4-9(6-11)17(27)28)25-8-10(18(20,21)22)7-12(19)15(25)24-13/h3-8H,2H2,1H3,(H,23,26)(H,27,28). The van der Waals surface area contributed by atoms with Crippen LogP contribution in [0, 0.1) is 0 Å². The zero-order chi connectivity index (χ0) is 20.6. The van der Waals surface area contributed by atoms with Gasteiger partial charge in [0.15, 0.2) is 5.65 Å². The number of nitrogens with zero attached hydrogens (tertiary/aromatic N) is 2. The van der Waals surface area contributed by atoms with E-state index >= 15 is 0 Å². The van der Waals surface area contributed by atoms with E-state index in [2.05, 4.69) is 10.3 Å². The number of hydrogen-bond donors (Lipinski definition) is 2. The Morgan fingerprint density at radius 2 is 2.00 bits per heavy atom. The van der Waals surface area contributed by atoms with E-state index in [1.54, 1.807) is 6.92 Å². The first kappa shape index (κ1) is 19.7. The minimum absolute atomic E-state index is 0.0240. The molecule has 0 spiro atoms. The average Bonchev–Trinajstić information content (AvgIpc) is 3.00. The third-order valence-corrected chi connectivity index (χ3v) is 4.27. The summed E-state index contributed by atoms with van der Waals surface area (Å²) in [5.74, 6) is -1.91. The molecule has 1 amide bonds. The Bertz CT molecular complexity index is 1090. The van der Waals surface area contributed by atoms with Gasteiger partial charge in [0.25, 0.3) is 5.91 Å². The first-order chi connectivity index (χ1) is 13.1. The molecule has 2 heterocycles. The van der Waals surface area contributed by atoms with Gasteiger partial charge in [-0.25, -0.2) is 9.78 Å². The summed E-state index contributed by atoms with van der Waals surface area (Å²) in [5.41, 5.74) is -0.712. The molecule has 0 saturated carbocycles. The second kappa shape index (κ2) is 7.16. The maximum atomic E-state index is 13.1. The summed E-state index contributed by atoms with van der Waals surface area (Å²) in [4.78, 5) is 28.0. The second-order valence-corrected chi connectivity index (χ2v) is 6.28. The molecule has 3 rings (SSSR count). The summed E-state index contributed by atoms with van der Waals surface area (Å²) in [6.07, 6.45) is -3.62. The molecule has 146 valence electrons. The number of hydrogen-bond acceptors (Lipinski definition) is 3.